The van der Waals surface area contributed by atoms with E-state index in [9.17, 15) is 5.11 Å². The first-order valence-corrected chi connectivity index (χ1v) is 8.33. The predicted molar refractivity (Wildman–Crippen MR) is 89.4 cm³/mol. The number of likely N-dealkylation sites (tertiary alicyclic amines) is 1. The van der Waals surface area contributed by atoms with E-state index in [1.165, 1.54) is 5.56 Å². The van der Waals surface area contributed by atoms with Crippen molar-refractivity contribution < 1.29 is 5.11 Å². The minimum Gasteiger partial charge on any atom is -0.382 e. The fourth-order valence-electron chi connectivity index (χ4n) is 3.31. The summed E-state index contributed by atoms with van der Waals surface area (Å²) in [6.45, 7) is 6.26. The van der Waals surface area contributed by atoms with Gasteiger partial charge in [-0.3, -0.25) is 4.90 Å². The number of pyridine rings is 1. The number of hydrogen-bond acceptors (Lipinski definition) is 5. The van der Waals surface area contributed by atoms with Gasteiger partial charge in [-0.05, 0) is 32.4 Å². The maximum atomic E-state index is 11.0. The quantitative estimate of drug-likeness (QED) is 0.788. The average molecular weight is 326 g/mol. The summed E-state index contributed by atoms with van der Waals surface area (Å²) in [5.74, 6) is 0. The van der Waals surface area contributed by atoms with E-state index in [1.54, 1.807) is 4.68 Å². The van der Waals surface area contributed by atoms with Crippen LogP contribution < -0.4 is 0 Å². The number of fused-ring (bicyclic) bond motifs is 1. The molecule has 3 aromatic heterocycles. The average Bonchev–Trinajstić information content (AvgIpc) is 3.28. The Hall–Kier alpha value is -2.25. The van der Waals surface area contributed by atoms with Crippen molar-refractivity contribution in [3.63, 3.8) is 0 Å². The Morgan fingerprint density at radius 3 is 3.00 bits per heavy atom. The molecule has 24 heavy (non-hydrogen) atoms. The van der Waals surface area contributed by atoms with Gasteiger partial charge in [0.15, 0.2) is 0 Å². The normalized spacial score (nSPS) is 22.0. The van der Waals surface area contributed by atoms with Gasteiger partial charge in [-0.25, -0.2) is 9.20 Å². The lowest BCUT2D eigenvalue weighted by Gasteiger charge is -2.20. The smallest absolute Gasteiger partial charge is 0.124 e. The van der Waals surface area contributed by atoms with Gasteiger partial charge in [-0.1, -0.05) is 11.3 Å². The van der Waals surface area contributed by atoms with Crippen LogP contribution in [0.4, 0.5) is 0 Å². The van der Waals surface area contributed by atoms with Crippen LogP contribution in [0.2, 0.25) is 0 Å². The van der Waals surface area contributed by atoms with E-state index in [2.05, 4.69) is 40.2 Å². The second-order valence-corrected chi connectivity index (χ2v) is 6.87. The third-order valence-electron chi connectivity index (χ3n) is 4.74. The lowest BCUT2D eigenvalue weighted by molar-refractivity contribution is 0.0408. The van der Waals surface area contributed by atoms with E-state index in [1.807, 2.05) is 35.2 Å². The zero-order chi connectivity index (χ0) is 16.7. The molecule has 7 nitrogen and oxygen atoms in total. The van der Waals surface area contributed by atoms with Crippen LogP contribution in [0.1, 0.15) is 37.6 Å². The summed E-state index contributed by atoms with van der Waals surface area (Å²) in [5.41, 5.74) is 2.03. The summed E-state index contributed by atoms with van der Waals surface area (Å²) in [5, 5.41) is 23.7. The zero-order valence-electron chi connectivity index (χ0n) is 14.0. The topological polar surface area (TPSA) is 71.5 Å². The van der Waals surface area contributed by atoms with Crippen molar-refractivity contribution >= 4 is 5.52 Å². The molecule has 4 rings (SSSR count). The van der Waals surface area contributed by atoms with E-state index in [-0.39, 0.29) is 6.04 Å². The second kappa shape index (κ2) is 5.68. The number of nitrogens with zero attached hydrogens (tertiary/aromatic N) is 6. The molecule has 1 fully saturated rings. The van der Waals surface area contributed by atoms with Gasteiger partial charge in [0.2, 0.25) is 0 Å². The zero-order valence-corrected chi connectivity index (χ0v) is 14.0. The fourth-order valence-corrected chi connectivity index (χ4v) is 3.31. The first kappa shape index (κ1) is 15.3. The van der Waals surface area contributed by atoms with E-state index >= 15 is 0 Å². The molecule has 1 N–H and O–H groups in total. The van der Waals surface area contributed by atoms with Gasteiger partial charge in [-0.2, -0.15) is 5.10 Å². The third-order valence-corrected chi connectivity index (χ3v) is 4.74. The Kier molecular flexibility index (Phi) is 3.62. The SMILES string of the molecule is CC(C)n1cc([C@@]2(O)CCN(Cc3cnn4ccccc34)C2)nn1. The van der Waals surface area contributed by atoms with Gasteiger partial charge in [0.05, 0.1) is 17.9 Å². The molecule has 0 aromatic carbocycles. The molecule has 0 saturated carbocycles. The van der Waals surface area contributed by atoms with Crippen molar-refractivity contribution in [2.45, 2.75) is 38.5 Å². The molecule has 0 amide bonds. The van der Waals surface area contributed by atoms with Crippen molar-refractivity contribution in [2.75, 3.05) is 13.1 Å². The highest BCUT2D eigenvalue weighted by Gasteiger charge is 2.40. The number of aromatic nitrogens is 5. The van der Waals surface area contributed by atoms with Crippen LogP contribution in [0.5, 0.6) is 0 Å². The maximum absolute atomic E-state index is 11.0. The molecule has 0 spiro atoms. The number of β-amino-alcohol motifs (C(OH)–C–C–N with tert-alkyl or cyclic N) is 1. The third kappa shape index (κ3) is 2.59. The number of aliphatic hydroxyl groups is 1. The van der Waals surface area contributed by atoms with Crippen molar-refractivity contribution in [1.29, 1.82) is 0 Å². The lowest BCUT2D eigenvalue weighted by Crippen LogP contribution is -2.31. The van der Waals surface area contributed by atoms with Crippen LogP contribution >= 0.6 is 0 Å². The minimum atomic E-state index is -0.921. The molecule has 1 aliphatic heterocycles. The molecule has 3 aromatic rings. The van der Waals surface area contributed by atoms with Crippen LogP contribution in [0, 0.1) is 0 Å². The lowest BCUT2D eigenvalue weighted by atomic mass is 10.00. The molecule has 0 unspecified atom stereocenters. The first-order valence-electron chi connectivity index (χ1n) is 8.33. The summed E-state index contributed by atoms with van der Waals surface area (Å²) >= 11 is 0. The molecule has 0 aliphatic carbocycles. The molecule has 1 atom stereocenters. The van der Waals surface area contributed by atoms with Crippen molar-refractivity contribution in [1.82, 2.24) is 29.5 Å². The Morgan fingerprint density at radius 1 is 1.33 bits per heavy atom. The summed E-state index contributed by atoms with van der Waals surface area (Å²) in [6.07, 6.45) is 6.39. The second-order valence-electron chi connectivity index (χ2n) is 6.87. The van der Waals surface area contributed by atoms with Crippen LogP contribution in [0.15, 0.2) is 36.8 Å². The highest BCUT2D eigenvalue weighted by atomic mass is 16.3. The summed E-state index contributed by atoms with van der Waals surface area (Å²) in [6, 6.07) is 6.30. The highest BCUT2D eigenvalue weighted by molar-refractivity contribution is 5.53. The van der Waals surface area contributed by atoms with Gasteiger partial charge in [0.25, 0.3) is 0 Å². The predicted octanol–water partition coefficient (Wildman–Crippen LogP) is 1.60. The summed E-state index contributed by atoms with van der Waals surface area (Å²) in [7, 11) is 0. The fraction of sp³-hybridized carbons (Fsp3) is 0.471. The van der Waals surface area contributed by atoms with Crippen LogP contribution in [-0.2, 0) is 12.1 Å². The molecular formula is C17H22N6O. The Bertz CT molecular complexity index is 854. The molecule has 1 aliphatic rings. The van der Waals surface area contributed by atoms with Gasteiger partial charge in [-0.15, -0.1) is 5.10 Å². The van der Waals surface area contributed by atoms with E-state index in [0.717, 1.165) is 18.6 Å². The molecule has 126 valence electrons. The molecule has 4 heterocycles. The molecular weight excluding hydrogens is 304 g/mol. The van der Waals surface area contributed by atoms with Crippen molar-refractivity contribution in [2.24, 2.45) is 0 Å². The summed E-state index contributed by atoms with van der Waals surface area (Å²) in [4.78, 5) is 2.25. The standard InChI is InChI=1S/C17H22N6O/c1-13(2)23-11-16(19-20-23)17(24)6-8-21(12-17)10-14-9-18-22-7-4-3-5-15(14)22/h3-5,7,9,11,13,24H,6,8,10,12H2,1-2H3/t17-/m1/s1. The number of rotatable bonds is 4. The molecule has 0 bridgehead atoms. The van der Waals surface area contributed by atoms with Gasteiger partial charge in [0, 0.05) is 37.4 Å². The molecule has 0 radical (unpaired) electrons. The highest BCUT2D eigenvalue weighted by Crippen LogP contribution is 2.32. The first-order chi connectivity index (χ1) is 11.5. The van der Waals surface area contributed by atoms with Crippen LogP contribution in [-0.4, -0.2) is 47.7 Å². The minimum absolute atomic E-state index is 0.242. The Balaban J connectivity index is 1.51. The monoisotopic (exact) mass is 326 g/mol. The van der Waals surface area contributed by atoms with E-state index < -0.39 is 5.60 Å². The maximum Gasteiger partial charge on any atom is 0.124 e. The Labute approximate surface area is 140 Å². The van der Waals surface area contributed by atoms with Gasteiger partial charge < -0.3 is 5.11 Å². The van der Waals surface area contributed by atoms with E-state index in [0.29, 0.717) is 18.7 Å². The van der Waals surface area contributed by atoms with Crippen LogP contribution in [0.3, 0.4) is 0 Å². The largest absolute Gasteiger partial charge is 0.382 e. The van der Waals surface area contributed by atoms with Crippen molar-refractivity contribution in [3.05, 3.63) is 48.0 Å². The van der Waals surface area contributed by atoms with Crippen LogP contribution in [0.25, 0.3) is 5.52 Å². The van der Waals surface area contributed by atoms with Crippen molar-refractivity contribution in [3.8, 4) is 0 Å². The van der Waals surface area contributed by atoms with Gasteiger partial charge >= 0.3 is 0 Å². The molecule has 7 heteroatoms. The number of hydrogen-bond donors (Lipinski definition) is 1. The Morgan fingerprint density at radius 2 is 2.21 bits per heavy atom. The van der Waals surface area contributed by atoms with Gasteiger partial charge in [0.1, 0.15) is 11.3 Å². The molecule has 1 saturated heterocycles. The van der Waals surface area contributed by atoms with E-state index in [4.69, 9.17) is 0 Å². The summed E-state index contributed by atoms with van der Waals surface area (Å²) < 4.78 is 3.67.